The van der Waals surface area contributed by atoms with Gasteiger partial charge in [0.25, 0.3) is 5.91 Å². The van der Waals surface area contributed by atoms with Crippen LogP contribution in [0.3, 0.4) is 0 Å². The number of alkyl halides is 3. The smallest absolute Gasteiger partial charge is 0.416 e. The summed E-state index contributed by atoms with van der Waals surface area (Å²) in [6.45, 7) is 0.0383. The Morgan fingerprint density at radius 3 is 2.78 bits per heavy atom. The van der Waals surface area contributed by atoms with Crippen molar-refractivity contribution < 1.29 is 27.4 Å². The van der Waals surface area contributed by atoms with Gasteiger partial charge in [-0.15, -0.1) is 11.3 Å². The van der Waals surface area contributed by atoms with E-state index in [9.17, 15) is 18.0 Å². The number of anilines is 1. The fourth-order valence-corrected chi connectivity index (χ4v) is 3.31. The lowest BCUT2D eigenvalue weighted by molar-refractivity contribution is -0.137. The lowest BCUT2D eigenvalue weighted by atomic mass is 10.1. The Morgan fingerprint density at radius 1 is 1.15 bits per heavy atom. The number of hydrogen-bond donors (Lipinski definition) is 1. The van der Waals surface area contributed by atoms with Crippen LogP contribution in [0.4, 0.5) is 18.3 Å². The lowest BCUT2D eigenvalue weighted by Crippen LogP contribution is -2.12. The Bertz CT molecular complexity index is 1020. The van der Waals surface area contributed by atoms with Crippen molar-refractivity contribution in [3.8, 4) is 22.8 Å². The molecule has 0 radical (unpaired) electrons. The highest BCUT2D eigenvalue weighted by molar-refractivity contribution is 7.14. The molecule has 3 aromatic rings. The number of rotatable bonds is 3. The van der Waals surface area contributed by atoms with Gasteiger partial charge < -0.3 is 9.47 Å². The topological polar surface area (TPSA) is 60.5 Å². The number of aromatic nitrogens is 1. The minimum Gasteiger partial charge on any atom is -0.454 e. The number of ether oxygens (including phenoxy) is 2. The maximum absolute atomic E-state index is 12.9. The second-order valence-corrected chi connectivity index (χ2v) is 6.47. The molecule has 1 N–H and O–H groups in total. The van der Waals surface area contributed by atoms with Crippen LogP contribution in [-0.4, -0.2) is 17.7 Å². The van der Waals surface area contributed by atoms with Gasteiger partial charge in [0.1, 0.15) is 0 Å². The van der Waals surface area contributed by atoms with E-state index >= 15 is 0 Å². The summed E-state index contributed by atoms with van der Waals surface area (Å²) in [4.78, 5) is 16.7. The Morgan fingerprint density at radius 2 is 1.96 bits per heavy atom. The third-order valence-electron chi connectivity index (χ3n) is 3.85. The molecular formula is C18H11F3N2O3S. The molecule has 0 fully saturated rings. The van der Waals surface area contributed by atoms with Crippen LogP contribution in [0.2, 0.25) is 0 Å². The molecule has 2 heterocycles. The van der Waals surface area contributed by atoms with Gasteiger partial charge in [0.2, 0.25) is 6.79 Å². The molecule has 9 heteroatoms. The third kappa shape index (κ3) is 3.45. The predicted octanol–water partition coefficient (Wildman–Crippen LogP) is 4.81. The first-order chi connectivity index (χ1) is 12.9. The number of nitrogens with one attached hydrogen (secondary N) is 1. The van der Waals surface area contributed by atoms with Crippen molar-refractivity contribution >= 4 is 22.4 Å². The standard InChI is InChI=1S/C18H11F3N2O3S/c19-18(20,21)11-4-1-3-10(7-11)13-8-27-17(22-13)23-16(24)12-5-2-6-14-15(12)26-9-25-14/h1-8H,9H2,(H,22,23,24). The van der Waals surface area contributed by atoms with Gasteiger partial charge in [-0.2, -0.15) is 13.2 Å². The van der Waals surface area contributed by atoms with Crippen LogP contribution in [0.15, 0.2) is 47.8 Å². The van der Waals surface area contributed by atoms with Gasteiger partial charge >= 0.3 is 6.18 Å². The number of amides is 1. The Hall–Kier alpha value is -3.07. The molecule has 1 aliphatic rings. The van der Waals surface area contributed by atoms with Crippen molar-refractivity contribution in [2.75, 3.05) is 12.1 Å². The van der Waals surface area contributed by atoms with Crippen molar-refractivity contribution in [2.24, 2.45) is 0 Å². The molecule has 0 atom stereocenters. The first-order valence-electron chi connectivity index (χ1n) is 7.75. The van der Waals surface area contributed by atoms with E-state index in [-0.39, 0.29) is 11.9 Å². The van der Waals surface area contributed by atoms with Gasteiger partial charge in [0.15, 0.2) is 16.6 Å². The molecule has 1 amide bonds. The van der Waals surface area contributed by atoms with Crippen molar-refractivity contribution in [3.05, 3.63) is 59.0 Å². The van der Waals surface area contributed by atoms with Gasteiger partial charge in [-0.1, -0.05) is 18.2 Å². The Kier molecular flexibility index (Phi) is 4.23. The molecular weight excluding hydrogens is 381 g/mol. The molecule has 5 nitrogen and oxygen atoms in total. The maximum Gasteiger partial charge on any atom is 0.416 e. The summed E-state index contributed by atoms with van der Waals surface area (Å²) in [6.07, 6.45) is -4.43. The number of fused-ring (bicyclic) bond motifs is 1. The van der Waals surface area contributed by atoms with E-state index in [1.165, 1.54) is 12.1 Å². The van der Waals surface area contributed by atoms with E-state index in [0.717, 1.165) is 23.5 Å². The number of nitrogens with zero attached hydrogens (tertiary/aromatic N) is 1. The van der Waals surface area contributed by atoms with E-state index in [1.54, 1.807) is 23.6 Å². The summed E-state index contributed by atoms with van der Waals surface area (Å²) in [7, 11) is 0. The SMILES string of the molecule is O=C(Nc1nc(-c2cccc(C(F)(F)F)c2)cs1)c1cccc2c1OCO2. The van der Waals surface area contributed by atoms with E-state index in [1.807, 2.05) is 0 Å². The molecule has 2 aromatic carbocycles. The fourth-order valence-electron chi connectivity index (χ4n) is 2.59. The summed E-state index contributed by atoms with van der Waals surface area (Å²) in [5.41, 5.74) is 0.203. The van der Waals surface area contributed by atoms with Crippen molar-refractivity contribution in [2.45, 2.75) is 6.18 Å². The number of thiazole rings is 1. The highest BCUT2D eigenvalue weighted by Crippen LogP contribution is 2.36. The van der Waals surface area contributed by atoms with E-state index < -0.39 is 17.6 Å². The summed E-state index contributed by atoms with van der Waals surface area (Å²) in [5.74, 6) is 0.387. The van der Waals surface area contributed by atoms with Crippen LogP contribution in [-0.2, 0) is 6.18 Å². The molecule has 27 heavy (non-hydrogen) atoms. The molecule has 0 aliphatic carbocycles. The quantitative estimate of drug-likeness (QED) is 0.695. The minimum atomic E-state index is -4.43. The first kappa shape index (κ1) is 17.3. The lowest BCUT2D eigenvalue weighted by Gasteiger charge is -2.07. The van der Waals surface area contributed by atoms with Crippen LogP contribution < -0.4 is 14.8 Å². The summed E-state index contributed by atoms with van der Waals surface area (Å²) in [5, 5.41) is 4.48. The van der Waals surface area contributed by atoms with Gasteiger partial charge in [-0.05, 0) is 24.3 Å². The maximum atomic E-state index is 12.9. The van der Waals surface area contributed by atoms with E-state index in [4.69, 9.17) is 9.47 Å². The average Bonchev–Trinajstić information content (AvgIpc) is 3.30. The number of carbonyl (C=O) groups excluding carboxylic acids is 1. The third-order valence-corrected chi connectivity index (χ3v) is 4.61. The molecule has 0 unspecified atom stereocenters. The van der Waals surface area contributed by atoms with Gasteiger partial charge in [-0.3, -0.25) is 10.1 Å². The highest BCUT2D eigenvalue weighted by atomic mass is 32.1. The molecule has 1 aliphatic heterocycles. The largest absolute Gasteiger partial charge is 0.454 e. The highest BCUT2D eigenvalue weighted by Gasteiger charge is 2.30. The average molecular weight is 392 g/mol. The molecule has 0 saturated carbocycles. The monoisotopic (exact) mass is 392 g/mol. The fraction of sp³-hybridized carbons (Fsp3) is 0.111. The van der Waals surface area contributed by atoms with Crippen LogP contribution in [0.5, 0.6) is 11.5 Å². The molecule has 1 aromatic heterocycles. The van der Waals surface area contributed by atoms with E-state index in [0.29, 0.717) is 28.3 Å². The molecule has 138 valence electrons. The predicted molar refractivity (Wildman–Crippen MR) is 93.1 cm³/mol. The summed E-state index contributed by atoms with van der Waals surface area (Å²) >= 11 is 1.12. The number of benzene rings is 2. The number of carbonyl (C=O) groups is 1. The van der Waals surface area contributed by atoms with Gasteiger partial charge in [0, 0.05) is 10.9 Å². The number of halogens is 3. The Balaban J connectivity index is 1.56. The van der Waals surface area contributed by atoms with Gasteiger partial charge in [-0.25, -0.2) is 4.98 Å². The summed E-state index contributed by atoms with van der Waals surface area (Å²) in [6, 6.07) is 9.81. The zero-order valence-corrected chi connectivity index (χ0v) is 14.4. The first-order valence-corrected chi connectivity index (χ1v) is 8.63. The number of hydrogen-bond acceptors (Lipinski definition) is 5. The van der Waals surface area contributed by atoms with Crippen LogP contribution >= 0.6 is 11.3 Å². The number of para-hydroxylation sites is 1. The van der Waals surface area contributed by atoms with Crippen LogP contribution in [0.1, 0.15) is 15.9 Å². The van der Waals surface area contributed by atoms with Crippen molar-refractivity contribution in [1.82, 2.24) is 4.98 Å². The zero-order valence-electron chi connectivity index (χ0n) is 13.5. The van der Waals surface area contributed by atoms with Crippen LogP contribution in [0, 0.1) is 0 Å². The zero-order chi connectivity index (χ0) is 19.0. The Labute approximate surface area is 155 Å². The molecule has 0 saturated heterocycles. The molecule has 4 rings (SSSR count). The summed E-state index contributed by atoms with van der Waals surface area (Å²) < 4.78 is 49.1. The van der Waals surface area contributed by atoms with Crippen molar-refractivity contribution in [1.29, 1.82) is 0 Å². The van der Waals surface area contributed by atoms with Gasteiger partial charge in [0.05, 0.1) is 16.8 Å². The van der Waals surface area contributed by atoms with E-state index in [2.05, 4.69) is 10.3 Å². The van der Waals surface area contributed by atoms with Crippen molar-refractivity contribution in [3.63, 3.8) is 0 Å². The normalized spacial score (nSPS) is 12.9. The second-order valence-electron chi connectivity index (χ2n) is 5.61. The second kappa shape index (κ2) is 6.58. The van der Waals surface area contributed by atoms with Crippen LogP contribution in [0.25, 0.3) is 11.3 Å². The molecule has 0 spiro atoms. The molecule has 0 bridgehead atoms. The minimum absolute atomic E-state index is 0.0383.